The Labute approximate surface area is 123 Å². The molecule has 7 heteroatoms. The molecule has 1 aromatic heterocycles. The van der Waals surface area contributed by atoms with Crippen molar-refractivity contribution >= 4 is 11.6 Å². The summed E-state index contributed by atoms with van der Waals surface area (Å²) in [4.78, 5) is 8.54. The molecule has 21 heavy (non-hydrogen) atoms. The van der Waals surface area contributed by atoms with Gasteiger partial charge in [0.25, 0.3) is 0 Å². The molecule has 0 aliphatic rings. The lowest BCUT2D eigenvalue weighted by Gasteiger charge is -2.10. The summed E-state index contributed by atoms with van der Waals surface area (Å²) in [5, 5.41) is 3.23. The maximum absolute atomic E-state index is 5.40. The first-order valence-electron chi connectivity index (χ1n) is 6.45. The van der Waals surface area contributed by atoms with Crippen LogP contribution >= 0.6 is 0 Å². The van der Waals surface area contributed by atoms with Crippen LogP contribution in [0, 0.1) is 0 Å². The second-order valence-corrected chi connectivity index (χ2v) is 4.33. The minimum Gasteiger partial charge on any atom is -0.497 e. The zero-order valence-corrected chi connectivity index (χ0v) is 12.1. The number of methoxy groups -OCH3 is 2. The molecule has 0 spiro atoms. The number of ether oxygens (including phenoxy) is 2. The van der Waals surface area contributed by atoms with Gasteiger partial charge in [-0.3, -0.25) is 0 Å². The standard InChI is InChI=1S/C14H19N5O2/c1-20-9-14-17-12(7-13(18-14)19-15)16-8-10-3-5-11(21-2)6-4-10/h3-7H,8-9,15H2,1-2H3,(H2,16,17,18,19). The van der Waals surface area contributed by atoms with Crippen LogP contribution in [0.5, 0.6) is 5.75 Å². The Bertz CT molecular complexity index is 574. The number of hydrazine groups is 1. The van der Waals surface area contributed by atoms with Crippen LogP contribution in [0.2, 0.25) is 0 Å². The zero-order chi connectivity index (χ0) is 15.1. The average molecular weight is 289 g/mol. The van der Waals surface area contributed by atoms with Gasteiger partial charge in [-0.05, 0) is 17.7 Å². The van der Waals surface area contributed by atoms with Crippen molar-refractivity contribution in [2.75, 3.05) is 25.0 Å². The molecule has 1 aromatic carbocycles. The third kappa shape index (κ3) is 4.30. The van der Waals surface area contributed by atoms with Gasteiger partial charge in [0.15, 0.2) is 5.82 Å². The number of benzene rings is 1. The molecule has 0 aliphatic carbocycles. The number of nitrogens with one attached hydrogen (secondary N) is 2. The largest absolute Gasteiger partial charge is 0.497 e. The molecule has 0 saturated carbocycles. The summed E-state index contributed by atoms with van der Waals surface area (Å²) in [7, 11) is 3.24. The first-order chi connectivity index (χ1) is 10.2. The molecule has 0 atom stereocenters. The fourth-order valence-corrected chi connectivity index (χ4v) is 1.79. The SMILES string of the molecule is COCc1nc(NN)cc(NCc2ccc(OC)cc2)n1. The number of hydrogen-bond acceptors (Lipinski definition) is 7. The molecule has 1 heterocycles. The summed E-state index contributed by atoms with van der Waals surface area (Å²) in [5.74, 6) is 8.01. The fraction of sp³-hybridized carbons (Fsp3) is 0.286. The van der Waals surface area contributed by atoms with E-state index in [0.29, 0.717) is 30.6 Å². The zero-order valence-electron chi connectivity index (χ0n) is 12.1. The molecular formula is C14H19N5O2. The Balaban J connectivity index is 2.05. The van der Waals surface area contributed by atoms with Crippen LogP contribution in [0.15, 0.2) is 30.3 Å². The Morgan fingerprint density at radius 1 is 1.10 bits per heavy atom. The van der Waals surface area contributed by atoms with Gasteiger partial charge in [0.2, 0.25) is 0 Å². The summed E-state index contributed by atoms with van der Waals surface area (Å²) in [5.41, 5.74) is 3.63. The van der Waals surface area contributed by atoms with Crippen LogP contribution in [0.4, 0.5) is 11.6 Å². The Morgan fingerprint density at radius 3 is 2.43 bits per heavy atom. The summed E-state index contributed by atoms with van der Waals surface area (Å²) in [6.45, 7) is 0.962. The second-order valence-electron chi connectivity index (χ2n) is 4.33. The maximum atomic E-state index is 5.40. The van der Waals surface area contributed by atoms with E-state index in [4.69, 9.17) is 15.3 Å². The number of anilines is 2. The molecule has 7 nitrogen and oxygen atoms in total. The molecule has 0 unspecified atom stereocenters. The highest BCUT2D eigenvalue weighted by molar-refractivity contribution is 5.47. The summed E-state index contributed by atoms with van der Waals surface area (Å²) < 4.78 is 10.2. The van der Waals surface area contributed by atoms with Crippen molar-refractivity contribution in [2.45, 2.75) is 13.2 Å². The maximum Gasteiger partial charge on any atom is 0.158 e. The van der Waals surface area contributed by atoms with Crippen molar-refractivity contribution in [3.8, 4) is 5.75 Å². The Hall–Kier alpha value is -2.38. The first kappa shape index (κ1) is 15.0. The van der Waals surface area contributed by atoms with Crippen molar-refractivity contribution in [3.05, 3.63) is 41.7 Å². The number of hydrogen-bond donors (Lipinski definition) is 3. The summed E-state index contributed by atoms with van der Waals surface area (Å²) in [6, 6.07) is 9.56. The summed E-state index contributed by atoms with van der Waals surface area (Å²) >= 11 is 0. The van der Waals surface area contributed by atoms with E-state index >= 15 is 0 Å². The van der Waals surface area contributed by atoms with E-state index in [1.165, 1.54) is 0 Å². The molecular weight excluding hydrogens is 270 g/mol. The molecule has 112 valence electrons. The minimum atomic E-state index is 0.326. The normalized spacial score (nSPS) is 10.2. The smallest absolute Gasteiger partial charge is 0.158 e. The van der Waals surface area contributed by atoms with Crippen LogP contribution in [0.3, 0.4) is 0 Å². The topological polar surface area (TPSA) is 94.3 Å². The minimum absolute atomic E-state index is 0.326. The van der Waals surface area contributed by atoms with E-state index < -0.39 is 0 Å². The molecule has 0 bridgehead atoms. The van der Waals surface area contributed by atoms with Gasteiger partial charge in [0.05, 0.1) is 7.11 Å². The third-order valence-electron chi connectivity index (χ3n) is 2.83. The van der Waals surface area contributed by atoms with Gasteiger partial charge in [0, 0.05) is 19.7 Å². The van der Waals surface area contributed by atoms with Gasteiger partial charge >= 0.3 is 0 Å². The quantitative estimate of drug-likeness (QED) is 0.525. The molecule has 0 aliphatic heterocycles. The lowest BCUT2D eigenvalue weighted by molar-refractivity contribution is 0.178. The number of nitrogens with zero attached hydrogens (tertiary/aromatic N) is 2. The van der Waals surface area contributed by atoms with E-state index in [1.54, 1.807) is 20.3 Å². The van der Waals surface area contributed by atoms with Crippen molar-refractivity contribution in [2.24, 2.45) is 5.84 Å². The van der Waals surface area contributed by atoms with Crippen molar-refractivity contribution in [1.82, 2.24) is 9.97 Å². The van der Waals surface area contributed by atoms with Gasteiger partial charge in [0.1, 0.15) is 24.0 Å². The number of nitrogen functional groups attached to an aromatic ring is 1. The highest BCUT2D eigenvalue weighted by atomic mass is 16.5. The van der Waals surface area contributed by atoms with Crippen LogP contribution < -0.4 is 21.3 Å². The predicted octanol–water partition coefficient (Wildman–Crippen LogP) is 1.53. The number of rotatable bonds is 7. The molecule has 2 aromatic rings. The van der Waals surface area contributed by atoms with Gasteiger partial charge in [-0.2, -0.15) is 0 Å². The van der Waals surface area contributed by atoms with E-state index in [-0.39, 0.29) is 0 Å². The summed E-state index contributed by atoms with van der Waals surface area (Å²) in [6.07, 6.45) is 0. The van der Waals surface area contributed by atoms with Gasteiger partial charge in [-0.15, -0.1) is 0 Å². The van der Waals surface area contributed by atoms with E-state index in [0.717, 1.165) is 11.3 Å². The molecule has 0 fully saturated rings. The predicted molar refractivity (Wildman–Crippen MR) is 80.9 cm³/mol. The first-order valence-corrected chi connectivity index (χ1v) is 6.45. The van der Waals surface area contributed by atoms with E-state index in [9.17, 15) is 0 Å². The van der Waals surface area contributed by atoms with E-state index in [2.05, 4.69) is 20.7 Å². The lowest BCUT2D eigenvalue weighted by Crippen LogP contribution is -2.12. The van der Waals surface area contributed by atoms with Crippen LogP contribution in [0.1, 0.15) is 11.4 Å². The average Bonchev–Trinajstić information content (AvgIpc) is 2.53. The van der Waals surface area contributed by atoms with Crippen molar-refractivity contribution in [1.29, 1.82) is 0 Å². The lowest BCUT2D eigenvalue weighted by atomic mass is 10.2. The molecule has 0 amide bonds. The van der Waals surface area contributed by atoms with Crippen LogP contribution in [-0.4, -0.2) is 24.2 Å². The van der Waals surface area contributed by atoms with Gasteiger partial charge in [-0.1, -0.05) is 12.1 Å². The Kier molecular flexibility index (Phi) is 5.30. The molecule has 0 saturated heterocycles. The van der Waals surface area contributed by atoms with Crippen LogP contribution in [0.25, 0.3) is 0 Å². The van der Waals surface area contributed by atoms with E-state index in [1.807, 2.05) is 24.3 Å². The number of nitrogens with two attached hydrogens (primary N) is 1. The van der Waals surface area contributed by atoms with Gasteiger partial charge < -0.3 is 20.2 Å². The van der Waals surface area contributed by atoms with Crippen molar-refractivity contribution < 1.29 is 9.47 Å². The highest BCUT2D eigenvalue weighted by Gasteiger charge is 2.04. The van der Waals surface area contributed by atoms with Crippen molar-refractivity contribution in [3.63, 3.8) is 0 Å². The second kappa shape index (κ2) is 7.41. The number of aromatic nitrogens is 2. The fourth-order valence-electron chi connectivity index (χ4n) is 1.79. The third-order valence-corrected chi connectivity index (χ3v) is 2.83. The molecule has 0 radical (unpaired) electrons. The van der Waals surface area contributed by atoms with Crippen LogP contribution in [-0.2, 0) is 17.9 Å². The monoisotopic (exact) mass is 289 g/mol. The molecule has 4 N–H and O–H groups in total. The Morgan fingerprint density at radius 2 is 1.81 bits per heavy atom. The highest BCUT2D eigenvalue weighted by Crippen LogP contribution is 2.14. The molecule has 2 rings (SSSR count). The van der Waals surface area contributed by atoms with Gasteiger partial charge in [-0.25, -0.2) is 15.8 Å².